The number of carbonyl (C=O) groups excluding carboxylic acids is 1. The molecular weight excluding hydrogens is 378 g/mol. The first kappa shape index (κ1) is 18.0. The Hall–Kier alpha value is -3.07. The fraction of sp³-hybridized carbons (Fsp3) is 0.350. The first-order valence-electron chi connectivity index (χ1n) is 9.62. The molecule has 7 nitrogen and oxygen atoms in total. The minimum atomic E-state index is -2.69. The molecule has 6 rings (SSSR count). The largest absolute Gasteiger partial charge is 0.366 e. The third-order valence-electron chi connectivity index (χ3n) is 5.72. The molecule has 2 N–H and O–H groups in total. The molecule has 2 unspecified atom stereocenters. The Balaban J connectivity index is 1.47. The summed E-state index contributed by atoms with van der Waals surface area (Å²) in [6, 6.07) is 7.22. The van der Waals surface area contributed by atoms with Gasteiger partial charge >= 0.3 is 0 Å². The number of aromatic nitrogens is 3. The smallest absolute Gasteiger partial charge is 0.265 e. The zero-order valence-electron chi connectivity index (χ0n) is 15.6. The van der Waals surface area contributed by atoms with E-state index in [-0.39, 0.29) is 16.8 Å². The summed E-state index contributed by atoms with van der Waals surface area (Å²) < 4.78 is 28.7. The van der Waals surface area contributed by atoms with Crippen molar-refractivity contribution in [2.75, 3.05) is 23.3 Å². The van der Waals surface area contributed by atoms with Crippen LogP contribution < -0.4 is 15.5 Å². The highest BCUT2D eigenvalue weighted by Gasteiger charge is 2.34. The van der Waals surface area contributed by atoms with Crippen molar-refractivity contribution in [3.63, 3.8) is 0 Å². The maximum absolute atomic E-state index is 13.6. The van der Waals surface area contributed by atoms with Gasteiger partial charge in [0.05, 0.1) is 11.9 Å². The standard InChI is InChI=1S/C20H20F2N6O/c21-18(22)15-5-4-13(27-11-12-2-3-14(27)9-24-12)8-17(15)26-20(29)16-10-25-28-7-1-6-23-19(16)28/h1,4-8,10,12,14,18,24H,2-3,9,11H2,(H,26,29). The highest BCUT2D eigenvalue weighted by Crippen LogP contribution is 2.35. The first-order chi connectivity index (χ1) is 14.1. The number of alkyl halides is 2. The van der Waals surface area contributed by atoms with Crippen LogP contribution in [0.15, 0.2) is 42.9 Å². The molecule has 9 heteroatoms. The predicted octanol–water partition coefficient (Wildman–Crippen LogP) is 2.86. The molecule has 2 bridgehead atoms. The van der Waals surface area contributed by atoms with Crippen LogP contribution in [0, 0.1) is 0 Å². The van der Waals surface area contributed by atoms with Crippen molar-refractivity contribution < 1.29 is 13.6 Å². The number of halogens is 2. The number of fused-ring (bicyclic) bond motifs is 4. The van der Waals surface area contributed by atoms with Crippen molar-refractivity contribution >= 4 is 22.9 Å². The zero-order chi connectivity index (χ0) is 20.0. The third kappa shape index (κ3) is 3.21. The molecule has 1 amide bonds. The number of hydrogen-bond acceptors (Lipinski definition) is 5. The average Bonchev–Trinajstić information content (AvgIpc) is 3.18. The van der Waals surface area contributed by atoms with Gasteiger partial charge in [0.1, 0.15) is 5.56 Å². The molecule has 1 aromatic carbocycles. The van der Waals surface area contributed by atoms with Crippen LogP contribution in [-0.4, -0.2) is 45.7 Å². The molecule has 2 aromatic heterocycles. The van der Waals surface area contributed by atoms with E-state index in [4.69, 9.17) is 0 Å². The number of benzene rings is 1. The maximum atomic E-state index is 13.6. The van der Waals surface area contributed by atoms with Crippen molar-refractivity contribution in [3.05, 3.63) is 54.0 Å². The Morgan fingerprint density at radius 2 is 2.21 bits per heavy atom. The van der Waals surface area contributed by atoms with Gasteiger partial charge in [-0.3, -0.25) is 4.79 Å². The van der Waals surface area contributed by atoms with E-state index in [9.17, 15) is 13.6 Å². The number of carbonyl (C=O) groups is 1. The van der Waals surface area contributed by atoms with Crippen molar-refractivity contribution in [2.24, 2.45) is 0 Å². The lowest BCUT2D eigenvalue weighted by atomic mass is 9.92. The monoisotopic (exact) mass is 398 g/mol. The second kappa shape index (κ2) is 7.07. The van der Waals surface area contributed by atoms with Gasteiger partial charge in [-0.15, -0.1) is 0 Å². The predicted molar refractivity (Wildman–Crippen MR) is 104 cm³/mol. The average molecular weight is 398 g/mol. The van der Waals surface area contributed by atoms with Crippen LogP contribution in [0.25, 0.3) is 5.65 Å². The molecule has 150 valence electrons. The summed E-state index contributed by atoms with van der Waals surface area (Å²) in [7, 11) is 0. The number of amides is 1. The van der Waals surface area contributed by atoms with Crippen LogP contribution in [0.5, 0.6) is 0 Å². The molecule has 3 fully saturated rings. The van der Waals surface area contributed by atoms with Gasteiger partial charge in [0.2, 0.25) is 0 Å². The summed E-state index contributed by atoms with van der Waals surface area (Å²) >= 11 is 0. The fourth-order valence-corrected chi connectivity index (χ4v) is 4.22. The summed E-state index contributed by atoms with van der Waals surface area (Å²) in [5.74, 6) is -0.514. The lowest BCUT2D eigenvalue weighted by Crippen LogP contribution is -2.61. The van der Waals surface area contributed by atoms with Crippen LogP contribution in [0.3, 0.4) is 0 Å². The molecule has 0 aliphatic carbocycles. The number of rotatable bonds is 4. The van der Waals surface area contributed by atoms with E-state index in [1.54, 1.807) is 30.6 Å². The van der Waals surface area contributed by atoms with Gasteiger partial charge in [0, 0.05) is 48.8 Å². The summed E-state index contributed by atoms with van der Waals surface area (Å²) in [4.78, 5) is 19.2. The molecule has 0 saturated carbocycles. The second-order valence-corrected chi connectivity index (χ2v) is 7.46. The number of piperazine rings is 1. The number of piperidine rings is 2. The molecule has 3 aliphatic heterocycles. The zero-order valence-corrected chi connectivity index (χ0v) is 15.6. The molecule has 29 heavy (non-hydrogen) atoms. The quantitative estimate of drug-likeness (QED) is 0.707. The van der Waals surface area contributed by atoms with Crippen LogP contribution in [-0.2, 0) is 0 Å². The fourth-order valence-electron chi connectivity index (χ4n) is 4.22. The van der Waals surface area contributed by atoms with E-state index in [1.807, 2.05) is 0 Å². The summed E-state index contributed by atoms with van der Waals surface area (Å²) in [5.41, 5.74) is 1.37. The Morgan fingerprint density at radius 3 is 2.93 bits per heavy atom. The molecule has 0 spiro atoms. The lowest BCUT2D eigenvalue weighted by molar-refractivity contribution is 0.102. The highest BCUT2D eigenvalue weighted by molar-refractivity contribution is 6.08. The number of hydrogen-bond donors (Lipinski definition) is 2. The van der Waals surface area contributed by atoms with Gasteiger partial charge in [0.15, 0.2) is 5.65 Å². The number of nitrogens with zero attached hydrogens (tertiary/aromatic N) is 4. The van der Waals surface area contributed by atoms with Gasteiger partial charge in [-0.05, 0) is 37.1 Å². The van der Waals surface area contributed by atoms with E-state index in [0.29, 0.717) is 17.7 Å². The van der Waals surface area contributed by atoms with Gasteiger partial charge < -0.3 is 15.5 Å². The van der Waals surface area contributed by atoms with E-state index in [0.717, 1.165) is 31.6 Å². The minimum Gasteiger partial charge on any atom is -0.366 e. The van der Waals surface area contributed by atoms with Gasteiger partial charge in [-0.1, -0.05) is 0 Å². The molecule has 3 aromatic rings. The minimum absolute atomic E-state index is 0.118. The molecule has 5 heterocycles. The molecular formula is C20H20F2N6O. The summed E-state index contributed by atoms with van der Waals surface area (Å²) in [6.45, 7) is 1.72. The summed E-state index contributed by atoms with van der Waals surface area (Å²) in [6.07, 6.45) is 4.12. The number of nitrogens with one attached hydrogen (secondary N) is 2. The van der Waals surface area contributed by atoms with Gasteiger partial charge in [-0.25, -0.2) is 18.3 Å². The third-order valence-corrected chi connectivity index (χ3v) is 5.72. The molecule has 0 radical (unpaired) electrons. The SMILES string of the molecule is O=C(Nc1cc(N2CC3CCC2CN3)ccc1C(F)F)c1cnn2cccnc12. The first-order valence-corrected chi connectivity index (χ1v) is 9.62. The van der Waals surface area contributed by atoms with E-state index >= 15 is 0 Å². The highest BCUT2D eigenvalue weighted by atomic mass is 19.3. The van der Waals surface area contributed by atoms with E-state index in [1.165, 1.54) is 16.8 Å². The van der Waals surface area contributed by atoms with Crippen molar-refractivity contribution in [3.8, 4) is 0 Å². The van der Waals surface area contributed by atoms with Crippen molar-refractivity contribution in [2.45, 2.75) is 31.4 Å². The Bertz CT molecular complexity index is 1060. The van der Waals surface area contributed by atoms with Gasteiger partial charge in [0.25, 0.3) is 12.3 Å². The van der Waals surface area contributed by atoms with Crippen LogP contribution in [0.1, 0.15) is 35.2 Å². The summed E-state index contributed by atoms with van der Waals surface area (Å²) in [5, 5.41) is 10.2. The number of anilines is 2. The lowest BCUT2D eigenvalue weighted by Gasteiger charge is -2.47. The topological polar surface area (TPSA) is 74.6 Å². The second-order valence-electron chi connectivity index (χ2n) is 7.46. The van der Waals surface area contributed by atoms with Crippen LogP contribution >= 0.6 is 0 Å². The molecule has 2 atom stereocenters. The van der Waals surface area contributed by atoms with E-state index in [2.05, 4.69) is 25.6 Å². The molecule has 3 saturated heterocycles. The Morgan fingerprint density at radius 1 is 1.31 bits per heavy atom. The van der Waals surface area contributed by atoms with Crippen molar-refractivity contribution in [1.29, 1.82) is 0 Å². The van der Waals surface area contributed by atoms with Crippen molar-refractivity contribution in [1.82, 2.24) is 19.9 Å². The molecule has 3 aliphatic rings. The Kier molecular flexibility index (Phi) is 4.39. The Labute approximate surface area is 165 Å². The van der Waals surface area contributed by atoms with Crippen LogP contribution in [0.2, 0.25) is 0 Å². The maximum Gasteiger partial charge on any atom is 0.265 e. The van der Waals surface area contributed by atoms with Gasteiger partial charge in [-0.2, -0.15) is 5.10 Å². The van der Waals surface area contributed by atoms with Crippen LogP contribution in [0.4, 0.5) is 20.2 Å². The normalized spacial score (nSPS) is 21.1. The van der Waals surface area contributed by atoms with E-state index < -0.39 is 12.3 Å².